The van der Waals surface area contributed by atoms with E-state index in [0.29, 0.717) is 5.95 Å². The fourth-order valence-electron chi connectivity index (χ4n) is 1.40. The Morgan fingerprint density at radius 2 is 2.19 bits per heavy atom. The van der Waals surface area contributed by atoms with E-state index in [9.17, 15) is 9.50 Å². The Hall–Kier alpha value is -1.43. The third-order valence-electron chi connectivity index (χ3n) is 1.93. The van der Waals surface area contributed by atoms with Crippen molar-refractivity contribution < 1.29 is 9.50 Å². The second kappa shape index (κ2) is 4.61. The molecular weight excluding hydrogens is 211 g/mol. The van der Waals surface area contributed by atoms with E-state index < -0.39 is 11.4 Å². The highest BCUT2D eigenvalue weighted by Crippen LogP contribution is 2.17. The first-order chi connectivity index (χ1) is 7.33. The van der Waals surface area contributed by atoms with Crippen molar-refractivity contribution in [1.29, 1.82) is 0 Å². The van der Waals surface area contributed by atoms with Gasteiger partial charge in [-0.2, -0.15) is 4.98 Å². The van der Waals surface area contributed by atoms with E-state index >= 15 is 0 Å². The Kier molecular flexibility index (Phi) is 3.64. The molecule has 0 unspecified atom stereocenters. The number of nitrogens with one attached hydrogen (secondary N) is 1. The third-order valence-corrected chi connectivity index (χ3v) is 1.93. The van der Waals surface area contributed by atoms with E-state index in [1.165, 1.54) is 0 Å². The summed E-state index contributed by atoms with van der Waals surface area (Å²) in [7, 11) is 3.33. The van der Waals surface area contributed by atoms with Crippen LogP contribution in [0.4, 0.5) is 16.2 Å². The van der Waals surface area contributed by atoms with Crippen LogP contribution in [0.5, 0.6) is 0 Å². The molecular formula is C10H17FN4O. The van der Waals surface area contributed by atoms with Gasteiger partial charge in [0.2, 0.25) is 5.95 Å². The van der Waals surface area contributed by atoms with Crippen molar-refractivity contribution in [3.05, 3.63) is 12.0 Å². The third kappa shape index (κ3) is 3.30. The summed E-state index contributed by atoms with van der Waals surface area (Å²) in [5.41, 5.74) is -0.911. The molecule has 0 fully saturated rings. The number of hydrogen-bond acceptors (Lipinski definition) is 5. The van der Waals surface area contributed by atoms with E-state index in [1.54, 1.807) is 32.8 Å². The number of anilines is 2. The number of rotatable bonds is 4. The van der Waals surface area contributed by atoms with Crippen LogP contribution in [-0.2, 0) is 0 Å². The van der Waals surface area contributed by atoms with Gasteiger partial charge < -0.3 is 15.3 Å². The van der Waals surface area contributed by atoms with Crippen molar-refractivity contribution in [2.24, 2.45) is 0 Å². The summed E-state index contributed by atoms with van der Waals surface area (Å²) >= 11 is 0. The molecule has 0 saturated carbocycles. The van der Waals surface area contributed by atoms with Crippen molar-refractivity contribution in [2.45, 2.75) is 19.4 Å². The first-order valence-electron chi connectivity index (χ1n) is 4.97. The van der Waals surface area contributed by atoms with Crippen molar-refractivity contribution in [1.82, 2.24) is 9.97 Å². The minimum Gasteiger partial charge on any atom is -0.389 e. The lowest BCUT2D eigenvalue weighted by Crippen LogP contribution is -2.37. The average molecular weight is 228 g/mol. The molecule has 0 bridgehead atoms. The summed E-state index contributed by atoms with van der Waals surface area (Å²) in [6.07, 6.45) is 1.11. The highest BCUT2D eigenvalue weighted by molar-refractivity contribution is 5.43. The topological polar surface area (TPSA) is 61.3 Å². The van der Waals surface area contributed by atoms with Gasteiger partial charge in [-0.1, -0.05) is 0 Å². The monoisotopic (exact) mass is 228 g/mol. The molecule has 5 nitrogen and oxygen atoms in total. The molecule has 0 aliphatic heterocycles. The average Bonchev–Trinajstić information content (AvgIpc) is 2.15. The fraction of sp³-hybridized carbons (Fsp3) is 0.600. The molecule has 90 valence electrons. The number of hydrogen-bond donors (Lipinski definition) is 2. The fourth-order valence-corrected chi connectivity index (χ4v) is 1.40. The molecule has 1 aromatic rings. The number of halogens is 1. The first-order valence-corrected chi connectivity index (χ1v) is 4.97. The standard InChI is InChI=1S/C10H17FN4O/c1-10(2,16)6-15(4)8-7(11)5-13-9(12-3)14-8/h5,16H,6H2,1-4H3,(H,12,13,14). The van der Waals surface area contributed by atoms with Crippen molar-refractivity contribution in [3.8, 4) is 0 Å². The maximum Gasteiger partial charge on any atom is 0.224 e. The maximum atomic E-state index is 13.5. The van der Waals surface area contributed by atoms with Crippen LogP contribution in [0.1, 0.15) is 13.8 Å². The number of likely N-dealkylation sites (N-methyl/N-ethyl adjacent to an activating group) is 1. The Bertz CT molecular complexity index is 364. The van der Waals surface area contributed by atoms with E-state index in [1.807, 2.05) is 0 Å². The van der Waals surface area contributed by atoms with Gasteiger partial charge in [0, 0.05) is 20.6 Å². The highest BCUT2D eigenvalue weighted by Gasteiger charge is 2.19. The predicted octanol–water partition coefficient (Wildman–Crippen LogP) is 0.864. The van der Waals surface area contributed by atoms with Crippen molar-refractivity contribution in [3.63, 3.8) is 0 Å². The molecule has 2 N–H and O–H groups in total. The van der Waals surface area contributed by atoms with Crippen LogP contribution in [0.3, 0.4) is 0 Å². The molecule has 16 heavy (non-hydrogen) atoms. The minimum absolute atomic E-state index is 0.168. The second-order valence-electron chi connectivity index (χ2n) is 4.28. The largest absolute Gasteiger partial charge is 0.389 e. The van der Waals surface area contributed by atoms with Crippen LogP contribution in [0.2, 0.25) is 0 Å². The van der Waals surface area contributed by atoms with Gasteiger partial charge in [0.1, 0.15) is 0 Å². The molecule has 0 amide bonds. The quantitative estimate of drug-likeness (QED) is 0.800. The smallest absolute Gasteiger partial charge is 0.224 e. The number of aliphatic hydroxyl groups is 1. The lowest BCUT2D eigenvalue weighted by molar-refractivity contribution is 0.0883. The zero-order chi connectivity index (χ0) is 12.3. The van der Waals surface area contributed by atoms with Crippen molar-refractivity contribution in [2.75, 3.05) is 30.9 Å². The second-order valence-corrected chi connectivity index (χ2v) is 4.28. The molecule has 0 aliphatic rings. The number of aromatic nitrogens is 2. The van der Waals surface area contributed by atoms with Crippen LogP contribution in [0.15, 0.2) is 6.20 Å². The van der Waals surface area contributed by atoms with Crippen LogP contribution >= 0.6 is 0 Å². The summed E-state index contributed by atoms with van der Waals surface area (Å²) in [5, 5.41) is 12.4. The first kappa shape index (κ1) is 12.6. The number of nitrogens with zero attached hydrogens (tertiary/aromatic N) is 3. The van der Waals surface area contributed by atoms with E-state index in [2.05, 4.69) is 15.3 Å². The summed E-state index contributed by atoms with van der Waals surface area (Å²) in [5.74, 6) is 0.00576. The van der Waals surface area contributed by atoms with Gasteiger partial charge >= 0.3 is 0 Å². The Morgan fingerprint density at radius 1 is 1.56 bits per heavy atom. The van der Waals surface area contributed by atoms with Gasteiger partial charge in [-0.3, -0.25) is 0 Å². The minimum atomic E-state index is -0.911. The summed E-state index contributed by atoms with van der Waals surface area (Å²) in [6, 6.07) is 0. The maximum absolute atomic E-state index is 13.5. The molecule has 0 radical (unpaired) electrons. The molecule has 6 heteroatoms. The van der Waals surface area contributed by atoms with Crippen molar-refractivity contribution >= 4 is 11.8 Å². The SMILES string of the molecule is CNc1ncc(F)c(N(C)CC(C)(C)O)n1. The van der Waals surface area contributed by atoms with Gasteiger partial charge in [-0.05, 0) is 13.8 Å². The zero-order valence-electron chi connectivity index (χ0n) is 9.95. The molecule has 1 heterocycles. The summed E-state index contributed by atoms with van der Waals surface area (Å²) in [4.78, 5) is 9.30. The van der Waals surface area contributed by atoms with Crippen LogP contribution in [0, 0.1) is 5.82 Å². The lowest BCUT2D eigenvalue weighted by atomic mass is 10.1. The van der Waals surface area contributed by atoms with Crippen LogP contribution in [0.25, 0.3) is 0 Å². The lowest BCUT2D eigenvalue weighted by Gasteiger charge is -2.26. The van der Waals surface area contributed by atoms with Crippen LogP contribution in [-0.4, -0.2) is 41.3 Å². The molecule has 0 saturated heterocycles. The molecule has 1 rings (SSSR count). The summed E-state index contributed by atoms with van der Waals surface area (Å²) < 4.78 is 13.5. The Morgan fingerprint density at radius 3 is 2.69 bits per heavy atom. The zero-order valence-corrected chi connectivity index (χ0v) is 9.95. The van der Waals surface area contributed by atoms with E-state index in [0.717, 1.165) is 6.20 Å². The van der Waals surface area contributed by atoms with Gasteiger partial charge in [0.05, 0.1) is 11.8 Å². The molecule has 0 aromatic carbocycles. The molecule has 0 aliphatic carbocycles. The normalized spacial score (nSPS) is 11.4. The van der Waals surface area contributed by atoms with Gasteiger partial charge in [-0.25, -0.2) is 9.37 Å². The Balaban J connectivity index is 2.93. The van der Waals surface area contributed by atoms with Crippen LogP contribution < -0.4 is 10.2 Å². The van der Waals surface area contributed by atoms with Gasteiger partial charge in [0.25, 0.3) is 0 Å². The molecule has 0 atom stereocenters. The Labute approximate surface area is 94.3 Å². The highest BCUT2D eigenvalue weighted by atomic mass is 19.1. The van der Waals surface area contributed by atoms with Gasteiger partial charge in [-0.15, -0.1) is 0 Å². The summed E-state index contributed by atoms with van der Waals surface area (Å²) in [6.45, 7) is 3.59. The van der Waals surface area contributed by atoms with E-state index in [4.69, 9.17) is 0 Å². The predicted molar refractivity (Wildman–Crippen MR) is 61.1 cm³/mol. The van der Waals surface area contributed by atoms with E-state index in [-0.39, 0.29) is 12.4 Å². The van der Waals surface area contributed by atoms with Gasteiger partial charge in [0.15, 0.2) is 11.6 Å². The molecule has 1 aromatic heterocycles. The molecule has 0 spiro atoms.